The van der Waals surface area contributed by atoms with Crippen molar-refractivity contribution in [1.29, 1.82) is 0 Å². The van der Waals surface area contributed by atoms with Crippen LogP contribution in [0.5, 0.6) is 11.5 Å². The number of hydrogen-bond donors (Lipinski definition) is 1. The molecule has 0 aliphatic heterocycles. The summed E-state index contributed by atoms with van der Waals surface area (Å²) in [6.45, 7) is 5.96. The molecule has 0 atom stereocenters. The number of rotatable bonds is 9. The smallest absolute Gasteiger partial charge is 0.310 e. The summed E-state index contributed by atoms with van der Waals surface area (Å²) in [6, 6.07) is 12.6. The molecule has 0 aliphatic carbocycles. The van der Waals surface area contributed by atoms with Gasteiger partial charge < -0.3 is 19.5 Å². The summed E-state index contributed by atoms with van der Waals surface area (Å²) in [6.07, 6.45) is 3.25. The maximum Gasteiger partial charge on any atom is 0.310 e. The van der Waals surface area contributed by atoms with Crippen LogP contribution < -0.4 is 14.8 Å². The zero-order valence-corrected chi connectivity index (χ0v) is 17.2. The number of carbonyl (C=O) groups is 2. The molecule has 0 radical (unpaired) electrons. The molecular formula is C23H27NO5. The first kappa shape index (κ1) is 22.0. The molecule has 0 saturated heterocycles. The van der Waals surface area contributed by atoms with Crippen molar-refractivity contribution in [2.75, 3.05) is 19.0 Å². The average molecular weight is 397 g/mol. The van der Waals surface area contributed by atoms with E-state index in [0.717, 1.165) is 5.56 Å². The van der Waals surface area contributed by atoms with E-state index in [1.54, 1.807) is 44.4 Å². The van der Waals surface area contributed by atoms with Crippen LogP contribution in [0.1, 0.15) is 31.9 Å². The lowest BCUT2D eigenvalue weighted by atomic mass is 10.1. The van der Waals surface area contributed by atoms with Gasteiger partial charge in [-0.15, -0.1) is 0 Å². The summed E-state index contributed by atoms with van der Waals surface area (Å²) in [4.78, 5) is 24.1. The molecule has 2 rings (SSSR count). The van der Waals surface area contributed by atoms with Crippen LogP contribution >= 0.6 is 0 Å². The van der Waals surface area contributed by atoms with Gasteiger partial charge in [0.2, 0.25) is 5.91 Å². The van der Waals surface area contributed by atoms with Crippen LogP contribution in [-0.2, 0) is 20.7 Å². The quantitative estimate of drug-likeness (QED) is 0.506. The standard InChI is InChI=1S/C23H27NO5/c1-5-28-23(26)15-18-8-6-7-9-19(18)24-22(25)13-11-17-10-12-20(29-16(2)3)21(14-17)27-4/h6-14,16H,5,15H2,1-4H3,(H,24,25)/b13-11-. The number of amides is 1. The Labute approximate surface area is 171 Å². The Morgan fingerprint density at radius 1 is 1.10 bits per heavy atom. The maximum absolute atomic E-state index is 12.3. The van der Waals surface area contributed by atoms with E-state index in [1.807, 2.05) is 32.0 Å². The van der Waals surface area contributed by atoms with E-state index >= 15 is 0 Å². The Morgan fingerprint density at radius 3 is 2.55 bits per heavy atom. The summed E-state index contributed by atoms with van der Waals surface area (Å²) in [7, 11) is 1.57. The summed E-state index contributed by atoms with van der Waals surface area (Å²) in [5.74, 6) is 0.612. The minimum Gasteiger partial charge on any atom is -0.493 e. The fourth-order valence-electron chi connectivity index (χ4n) is 2.65. The second kappa shape index (κ2) is 10.9. The van der Waals surface area contributed by atoms with Crippen LogP contribution in [0.25, 0.3) is 6.08 Å². The minimum absolute atomic E-state index is 0.0331. The number of hydrogen-bond acceptors (Lipinski definition) is 5. The largest absolute Gasteiger partial charge is 0.493 e. The zero-order valence-electron chi connectivity index (χ0n) is 17.2. The third-order valence-electron chi connectivity index (χ3n) is 3.89. The number of methoxy groups -OCH3 is 1. The van der Waals surface area contributed by atoms with Gasteiger partial charge in [-0.2, -0.15) is 0 Å². The Balaban J connectivity index is 2.08. The SMILES string of the molecule is CCOC(=O)Cc1ccccc1NC(=O)/C=C\c1ccc(OC(C)C)c(OC)c1. The number of para-hydroxylation sites is 1. The van der Waals surface area contributed by atoms with Gasteiger partial charge in [-0.05, 0) is 56.2 Å². The van der Waals surface area contributed by atoms with E-state index in [2.05, 4.69) is 5.32 Å². The average Bonchev–Trinajstić information content (AvgIpc) is 2.68. The molecule has 0 fully saturated rings. The van der Waals surface area contributed by atoms with Crippen LogP contribution in [0.3, 0.4) is 0 Å². The summed E-state index contributed by atoms with van der Waals surface area (Å²) in [5.41, 5.74) is 2.07. The van der Waals surface area contributed by atoms with Gasteiger partial charge in [0.25, 0.3) is 0 Å². The molecule has 1 amide bonds. The van der Waals surface area contributed by atoms with Crippen molar-refractivity contribution < 1.29 is 23.8 Å². The van der Waals surface area contributed by atoms with Crippen LogP contribution in [0.2, 0.25) is 0 Å². The van der Waals surface area contributed by atoms with E-state index in [4.69, 9.17) is 14.2 Å². The molecule has 0 heterocycles. The molecule has 0 spiro atoms. The Bertz CT molecular complexity index is 873. The van der Waals surface area contributed by atoms with Crippen LogP contribution in [0, 0.1) is 0 Å². The van der Waals surface area contributed by atoms with Crippen molar-refractivity contribution in [1.82, 2.24) is 0 Å². The molecule has 2 aromatic rings. The molecule has 0 saturated carbocycles. The van der Waals surface area contributed by atoms with Crippen molar-refractivity contribution in [3.05, 3.63) is 59.7 Å². The molecule has 0 bridgehead atoms. The number of nitrogens with one attached hydrogen (secondary N) is 1. The number of anilines is 1. The van der Waals surface area contributed by atoms with E-state index < -0.39 is 0 Å². The number of carbonyl (C=O) groups excluding carboxylic acids is 2. The molecule has 6 nitrogen and oxygen atoms in total. The van der Waals surface area contributed by atoms with Gasteiger partial charge >= 0.3 is 5.97 Å². The Hall–Kier alpha value is -3.28. The highest BCUT2D eigenvalue weighted by Gasteiger charge is 2.10. The van der Waals surface area contributed by atoms with Crippen molar-refractivity contribution in [3.8, 4) is 11.5 Å². The van der Waals surface area contributed by atoms with Gasteiger partial charge in [-0.25, -0.2) is 0 Å². The highest BCUT2D eigenvalue weighted by atomic mass is 16.5. The minimum atomic E-state index is -0.333. The van der Waals surface area contributed by atoms with E-state index in [-0.39, 0.29) is 24.4 Å². The third-order valence-corrected chi connectivity index (χ3v) is 3.89. The van der Waals surface area contributed by atoms with Gasteiger partial charge in [-0.1, -0.05) is 24.3 Å². The van der Waals surface area contributed by atoms with Gasteiger partial charge in [0, 0.05) is 11.8 Å². The molecule has 29 heavy (non-hydrogen) atoms. The Morgan fingerprint density at radius 2 is 1.86 bits per heavy atom. The molecule has 0 unspecified atom stereocenters. The molecular weight excluding hydrogens is 370 g/mol. The number of esters is 1. The monoisotopic (exact) mass is 397 g/mol. The van der Waals surface area contributed by atoms with Gasteiger partial charge in [0.05, 0.1) is 26.2 Å². The van der Waals surface area contributed by atoms with E-state index in [1.165, 1.54) is 6.08 Å². The molecule has 1 N–H and O–H groups in total. The molecule has 154 valence electrons. The highest BCUT2D eigenvalue weighted by molar-refractivity contribution is 6.02. The molecule has 0 aliphatic rings. The fraction of sp³-hybridized carbons (Fsp3) is 0.304. The van der Waals surface area contributed by atoms with Gasteiger partial charge in [-0.3, -0.25) is 9.59 Å². The second-order valence-corrected chi connectivity index (χ2v) is 6.54. The van der Waals surface area contributed by atoms with Crippen LogP contribution in [0.4, 0.5) is 5.69 Å². The zero-order chi connectivity index (χ0) is 21.2. The lowest BCUT2D eigenvalue weighted by Crippen LogP contribution is -2.13. The molecule has 6 heteroatoms. The predicted octanol–water partition coefficient (Wildman–Crippen LogP) is 4.24. The Kier molecular flexibility index (Phi) is 8.27. The van der Waals surface area contributed by atoms with Gasteiger partial charge in [0.15, 0.2) is 11.5 Å². The summed E-state index contributed by atoms with van der Waals surface area (Å²) < 4.78 is 16.0. The second-order valence-electron chi connectivity index (χ2n) is 6.54. The topological polar surface area (TPSA) is 73.9 Å². The predicted molar refractivity (Wildman–Crippen MR) is 113 cm³/mol. The fourth-order valence-corrected chi connectivity index (χ4v) is 2.65. The van der Waals surface area contributed by atoms with Crippen molar-refractivity contribution >= 4 is 23.6 Å². The van der Waals surface area contributed by atoms with Crippen molar-refractivity contribution in [2.45, 2.75) is 33.3 Å². The van der Waals surface area contributed by atoms with E-state index in [9.17, 15) is 9.59 Å². The van der Waals surface area contributed by atoms with Gasteiger partial charge in [0.1, 0.15) is 0 Å². The van der Waals surface area contributed by atoms with Crippen LogP contribution in [-0.4, -0.2) is 31.7 Å². The first-order valence-corrected chi connectivity index (χ1v) is 9.50. The van der Waals surface area contributed by atoms with Crippen molar-refractivity contribution in [2.24, 2.45) is 0 Å². The summed E-state index contributed by atoms with van der Waals surface area (Å²) >= 11 is 0. The first-order chi connectivity index (χ1) is 13.9. The van der Waals surface area contributed by atoms with Crippen molar-refractivity contribution in [3.63, 3.8) is 0 Å². The maximum atomic E-state index is 12.3. The lowest BCUT2D eigenvalue weighted by molar-refractivity contribution is -0.142. The first-order valence-electron chi connectivity index (χ1n) is 9.50. The number of benzene rings is 2. The highest BCUT2D eigenvalue weighted by Crippen LogP contribution is 2.29. The van der Waals surface area contributed by atoms with Crippen LogP contribution in [0.15, 0.2) is 48.5 Å². The third kappa shape index (κ3) is 6.99. The normalized spacial score (nSPS) is 10.8. The van der Waals surface area contributed by atoms with E-state index in [0.29, 0.717) is 29.4 Å². The lowest BCUT2D eigenvalue weighted by Gasteiger charge is -2.13. The molecule has 2 aromatic carbocycles. The number of ether oxygens (including phenoxy) is 3. The molecule has 0 aromatic heterocycles. The summed E-state index contributed by atoms with van der Waals surface area (Å²) in [5, 5.41) is 2.80.